The van der Waals surface area contributed by atoms with Crippen LogP contribution in [0.2, 0.25) is 0 Å². The summed E-state index contributed by atoms with van der Waals surface area (Å²) in [5, 5.41) is 1.86. The highest BCUT2D eigenvalue weighted by atomic mass is 19.4. The number of anilines is 3. The maximum atomic E-state index is 13.4. The Morgan fingerprint density at radius 3 is 2.45 bits per heavy atom. The third-order valence-corrected chi connectivity index (χ3v) is 7.19. The minimum absolute atomic E-state index is 0.0174. The zero-order valence-electron chi connectivity index (χ0n) is 21.5. The van der Waals surface area contributed by atoms with Crippen LogP contribution in [-0.4, -0.2) is 74.3 Å². The lowest BCUT2D eigenvalue weighted by Gasteiger charge is -2.38. The Balaban J connectivity index is 1.35. The number of hydrogen-bond donors (Lipinski definition) is 1. The lowest BCUT2D eigenvalue weighted by molar-refractivity contribution is -0.167. The van der Waals surface area contributed by atoms with Crippen LogP contribution in [0.3, 0.4) is 0 Å². The fourth-order valence-corrected chi connectivity index (χ4v) is 5.09. The molecule has 0 bridgehead atoms. The molecule has 2 fully saturated rings. The maximum absolute atomic E-state index is 13.4. The van der Waals surface area contributed by atoms with Crippen molar-refractivity contribution in [2.45, 2.75) is 38.3 Å². The summed E-state index contributed by atoms with van der Waals surface area (Å²) in [5.74, 6) is -0.743. The first-order chi connectivity index (χ1) is 18.3. The molecule has 0 atom stereocenters. The molecule has 0 unspecified atom stereocenters. The average molecular weight is 534 g/mol. The number of nitrogens with one attached hydrogen (secondary N) is 1. The molecule has 38 heavy (non-hydrogen) atoms. The molecule has 1 aliphatic heterocycles. The summed E-state index contributed by atoms with van der Waals surface area (Å²) < 4.78 is 43.2. The van der Waals surface area contributed by atoms with Gasteiger partial charge in [0.15, 0.2) is 0 Å². The monoisotopic (exact) mass is 533 g/mol. The van der Waals surface area contributed by atoms with E-state index in [9.17, 15) is 22.8 Å². The summed E-state index contributed by atoms with van der Waals surface area (Å²) in [6.45, 7) is 4.15. The Morgan fingerprint density at radius 1 is 1.08 bits per heavy atom. The molecule has 2 heterocycles. The van der Waals surface area contributed by atoms with Gasteiger partial charge in [-0.05, 0) is 37.1 Å². The lowest BCUT2D eigenvalue weighted by Crippen LogP contribution is -2.50. The van der Waals surface area contributed by atoms with Gasteiger partial charge in [-0.25, -0.2) is 4.98 Å². The molecule has 206 valence electrons. The standard InChI is InChI=1S/C27H34F3N5O3/c1-38-23-19-21(32-26(37)27(28,29)30)10-11-22(23)34-16-13-33(14-17-34)15-18-35(24-9-5-6-12-31-24)25(36)20-7-3-2-4-8-20/h5-6,9-12,19-20H,2-4,7-8,13-18H2,1H3,(H,32,37). The van der Waals surface area contributed by atoms with Gasteiger partial charge in [0.1, 0.15) is 11.6 Å². The van der Waals surface area contributed by atoms with E-state index in [-0.39, 0.29) is 17.5 Å². The van der Waals surface area contributed by atoms with Crippen molar-refractivity contribution in [2.24, 2.45) is 5.92 Å². The minimum atomic E-state index is -4.96. The number of nitrogens with zero attached hydrogens (tertiary/aromatic N) is 4. The van der Waals surface area contributed by atoms with Crippen LogP contribution in [0, 0.1) is 5.92 Å². The van der Waals surface area contributed by atoms with Crippen molar-refractivity contribution in [1.82, 2.24) is 9.88 Å². The quantitative estimate of drug-likeness (QED) is 0.545. The highest BCUT2D eigenvalue weighted by Gasteiger charge is 2.38. The average Bonchev–Trinajstić information content (AvgIpc) is 2.94. The van der Waals surface area contributed by atoms with Crippen molar-refractivity contribution >= 4 is 29.0 Å². The highest BCUT2D eigenvalue weighted by Crippen LogP contribution is 2.33. The van der Waals surface area contributed by atoms with E-state index in [2.05, 4.69) is 14.8 Å². The van der Waals surface area contributed by atoms with Crippen LogP contribution < -0.4 is 19.9 Å². The summed E-state index contributed by atoms with van der Waals surface area (Å²) >= 11 is 0. The summed E-state index contributed by atoms with van der Waals surface area (Å²) in [6, 6.07) is 10.1. The van der Waals surface area contributed by atoms with Crippen LogP contribution >= 0.6 is 0 Å². The van der Waals surface area contributed by atoms with Gasteiger partial charge in [-0.2, -0.15) is 13.2 Å². The number of methoxy groups -OCH3 is 1. The lowest BCUT2D eigenvalue weighted by atomic mass is 9.88. The predicted molar refractivity (Wildman–Crippen MR) is 139 cm³/mol. The van der Waals surface area contributed by atoms with E-state index in [1.54, 1.807) is 12.3 Å². The first kappa shape index (κ1) is 27.7. The number of hydrogen-bond acceptors (Lipinski definition) is 6. The Bertz CT molecular complexity index is 1090. The molecule has 1 N–H and O–H groups in total. The third kappa shape index (κ3) is 6.94. The number of aromatic nitrogens is 1. The Hall–Kier alpha value is -3.34. The van der Waals surface area contributed by atoms with E-state index in [4.69, 9.17) is 4.74 Å². The number of piperazine rings is 1. The molecule has 2 amide bonds. The minimum Gasteiger partial charge on any atom is -0.495 e. The van der Waals surface area contributed by atoms with Crippen LogP contribution in [0.25, 0.3) is 0 Å². The van der Waals surface area contributed by atoms with Gasteiger partial charge in [-0.1, -0.05) is 25.3 Å². The summed E-state index contributed by atoms with van der Waals surface area (Å²) in [4.78, 5) is 35.3. The summed E-state index contributed by atoms with van der Waals surface area (Å²) in [5.41, 5.74) is 0.767. The van der Waals surface area contributed by atoms with Crippen molar-refractivity contribution in [3.8, 4) is 5.75 Å². The van der Waals surface area contributed by atoms with Crippen molar-refractivity contribution in [1.29, 1.82) is 0 Å². The number of alkyl halides is 3. The number of carbonyl (C=O) groups excluding carboxylic acids is 2. The van der Waals surface area contributed by atoms with Gasteiger partial charge in [0.2, 0.25) is 5.91 Å². The Morgan fingerprint density at radius 2 is 1.82 bits per heavy atom. The number of benzene rings is 1. The van der Waals surface area contributed by atoms with Crippen LogP contribution in [-0.2, 0) is 9.59 Å². The van der Waals surface area contributed by atoms with E-state index in [0.29, 0.717) is 37.7 Å². The molecule has 11 heteroatoms. The third-order valence-electron chi connectivity index (χ3n) is 7.19. The largest absolute Gasteiger partial charge is 0.495 e. The van der Waals surface area contributed by atoms with Gasteiger partial charge in [-0.3, -0.25) is 19.4 Å². The van der Waals surface area contributed by atoms with E-state index in [0.717, 1.165) is 44.5 Å². The van der Waals surface area contributed by atoms with Crippen LogP contribution in [0.5, 0.6) is 5.75 Å². The zero-order chi connectivity index (χ0) is 27.1. The summed E-state index contributed by atoms with van der Waals surface area (Å²) in [6.07, 6.45) is 1.98. The molecule has 1 aromatic heterocycles. The van der Waals surface area contributed by atoms with Crippen molar-refractivity contribution < 1.29 is 27.5 Å². The predicted octanol–water partition coefficient (Wildman–Crippen LogP) is 4.33. The second kappa shape index (κ2) is 12.5. The van der Waals surface area contributed by atoms with Gasteiger partial charge in [0.25, 0.3) is 0 Å². The number of carbonyl (C=O) groups is 2. The fourth-order valence-electron chi connectivity index (χ4n) is 5.09. The van der Waals surface area contributed by atoms with Gasteiger partial charge in [0.05, 0.1) is 12.8 Å². The Kier molecular flexibility index (Phi) is 9.09. The van der Waals surface area contributed by atoms with E-state index < -0.39 is 12.1 Å². The van der Waals surface area contributed by atoms with E-state index in [1.165, 1.54) is 25.7 Å². The molecule has 4 rings (SSSR count). The van der Waals surface area contributed by atoms with Crippen LogP contribution in [0.4, 0.5) is 30.4 Å². The molecule has 0 spiro atoms. The second-order valence-electron chi connectivity index (χ2n) is 9.68. The fraction of sp³-hybridized carbons (Fsp3) is 0.519. The normalized spacial score (nSPS) is 17.2. The first-order valence-corrected chi connectivity index (χ1v) is 13.0. The van der Waals surface area contributed by atoms with Gasteiger partial charge in [0, 0.05) is 63.1 Å². The second-order valence-corrected chi connectivity index (χ2v) is 9.68. The van der Waals surface area contributed by atoms with Gasteiger partial charge < -0.3 is 15.0 Å². The van der Waals surface area contributed by atoms with Gasteiger partial charge >= 0.3 is 12.1 Å². The van der Waals surface area contributed by atoms with Crippen molar-refractivity contribution in [3.05, 3.63) is 42.6 Å². The maximum Gasteiger partial charge on any atom is 0.471 e. The van der Waals surface area contributed by atoms with Crippen LogP contribution in [0.15, 0.2) is 42.6 Å². The number of ether oxygens (including phenoxy) is 1. The first-order valence-electron chi connectivity index (χ1n) is 13.0. The molecule has 2 aromatic rings. The van der Waals surface area contributed by atoms with E-state index >= 15 is 0 Å². The van der Waals surface area contributed by atoms with E-state index in [1.807, 2.05) is 28.4 Å². The SMILES string of the molecule is COc1cc(NC(=O)C(F)(F)F)ccc1N1CCN(CCN(C(=O)C2CCCCC2)c2ccccn2)CC1. The summed E-state index contributed by atoms with van der Waals surface area (Å²) in [7, 11) is 1.44. The molecule has 1 saturated carbocycles. The molecule has 1 aliphatic carbocycles. The topological polar surface area (TPSA) is 78.0 Å². The van der Waals surface area contributed by atoms with Gasteiger partial charge in [-0.15, -0.1) is 0 Å². The molecule has 0 radical (unpaired) electrons. The van der Waals surface area contributed by atoms with Crippen molar-refractivity contribution in [2.75, 3.05) is 61.5 Å². The zero-order valence-corrected chi connectivity index (χ0v) is 21.5. The highest BCUT2D eigenvalue weighted by molar-refractivity contribution is 5.95. The molecule has 2 aliphatic rings. The van der Waals surface area contributed by atoms with Crippen LogP contribution in [0.1, 0.15) is 32.1 Å². The molecule has 1 saturated heterocycles. The number of pyridine rings is 1. The molecular formula is C27H34F3N5O3. The number of rotatable bonds is 8. The number of amides is 2. The number of halogens is 3. The van der Waals surface area contributed by atoms with Crippen molar-refractivity contribution in [3.63, 3.8) is 0 Å². The molecule has 1 aromatic carbocycles. The smallest absolute Gasteiger partial charge is 0.471 e. The molecular weight excluding hydrogens is 499 g/mol. The Labute approximate surface area is 220 Å². The molecule has 8 nitrogen and oxygen atoms in total.